The maximum absolute atomic E-state index is 12.9. The molecule has 0 amide bonds. The van der Waals surface area contributed by atoms with E-state index in [1.165, 1.54) is 7.11 Å². The van der Waals surface area contributed by atoms with E-state index in [1.54, 1.807) is 80.9 Å². The molecule has 0 aromatic heterocycles. The summed E-state index contributed by atoms with van der Waals surface area (Å²) in [5.74, 6) is 1.36. The first-order valence-electron chi connectivity index (χ1n) is 8.62. The van der Waals surface area contributed by atoms with Crippen molar-refractivity contribution < 1.29 is 23.8 Å². The molecule has 5 heteroatoms. The van der Waals surface area contributed by atoms with Crippen LogP contribution in [-0.2, 0) is 0 Å². The van der Waals surface area contributed by atoms with Gasteiger partial charge in [-0.25, -0.2) is 0 Å². The number of methoxy groups -OCH3 is 3. The SMILES string of the molecule is COc1ccc(C(=O)c2cc(OC)cc(C(=O)c3ccc(OC)cc3)c2)cc1. The van der Waals surface area contributed by atoms with Crippen LogP contribution in [0, 0.1) is 0 Å². The topological polar surface area (TPSA) is 61.8 Å². The Hall–Kier alpha value is -3.60. The highest BCUT2D eigenvalue weighted by Crippen LogP contribution is 2.23. The van der Waals surface area contributed by atoms with Gasteiger partial charge in [-0.05, 0) is 66.7 Å². The zero-order chi connectivity index (χ0) is 20.1. The Morgan fingerprint density at radius 1 is 0.500 bits per heavy atom. The predicted molar refractivity (Wildman–Crippen MR) is 106 cm³/mol. The Morgan fingerprint density at radius 3 is 1.18 bits per heavy atom. The van der Waals surface area contributed by atoms with Gasteiger partial charge in [-0.15, -0.1) is 0 Å². The summed E-state index contributed by atoms with van der Waals surface area (Å²) in [6.07, 6.45) is 0. The van der Waals surface area contributed by atoms with Crippen molar-refractivity contribution >= 4 is 11.6 Å². The maximum atomic E-state index is 12.9. The lowest BCUT2D eigenvalue weighted by Gasteiger charge is -2.09. The molecular weight excluding hydrogens is 356 g/mol. The molecular formula is C23H20O5. The molecule has 0 radical (unpaired) electrons. The monoisotopic (exact) mass is 376 g/mol. The van der Waals surface area contributed by atoms with Gasteiger partial charge in [0.2, 0.25) is 0 Å². The third-order valence-electron chi connectivity index (χ3n) is 4.37. The van der Waals surface area contributed by atoms with E-state index in [2.05, 4.69) is 0 Å². The Labute approximate surface area is 163 Å². The summed E-state index contributed by atoms with van der Waals surface area (Å²) < 4.78 is 15.5. The van der Waals surface area contributed by atoms with E-state index in [0.29, 0.717) is 39.5 Å². The molecule has 0 unspecified atom stereocenters. The molecule has 3 aromatic carbocycles. The lowest BCUT2D eigenvalue weighted by atomic mass is 9.97. The molecule has 3 rings (SSSR count). The van der Waals surface area contributed by atoms with Gasteiger partial charge in [0, 0.05) is 22.3 Å². The molecule has 0 aliphatic rings. The van der Waals surface area contributed by atoms with E-state index in [-0.39, 0.29) is 11.6 Å². The van der Waals surface area contributed by atoms with Crippen LogP contribution in [0.1, 0.15) is 31.8 Å². The number of benzene rings is 3. The van der Waals surface area contributed by atoms with Gasteiger partial charge in [0.15, 0.2) is 11.6 Å². The smallest absolute Gasteiger partial charge is 0.193 e. The molecule has 0 fully saturated rings. The summed E-state index contributed by atoms with van der Waals surface area (Å²) in [6, 6.07) is 18.5. The fourth-order valence-electron chi connectivity index (χ4n) is 2.80. The van der Waals surface area contributed by atoms with Gasteiger partial charge in [-0.3, -0.25) is 9.59 Å². The minimum absolute atomic E-state index is 0.203. The van der Waals surface area contributed by atoms with Gasteiger partial charge in [0.1, 0.15) is 17.2 Å². The number of ketones is 2. The number of hydrogen-bond donors (Lipinski definition) is 0. The second-order valence-corrected chi connectivity index (χ2v) is 6.07. The Kier molecular flexibility index (Phi) is 5.75. The Morgan fingerprint density at radius 2 is 0.857 bits per heavy atom. The summed E-state index contributed by atoms with van der Waals surface area (Å²) >= 11 is 0. The van der Waals surface area contributed by atoms with Gasteiger partial charge >= 0.3 is 0 Å². The van der Waals surface area contributed by atoms with E-state index in [4.69, 9.17) is 14.2 Å². The standard InChI is InChI=1S/C23H20O5/c1-26-19-8-4-15(5-9-19)22(24)17-12-18(14-21(13-17)28-3)23(25)16-6-10-20(27-2)11-7-16/h4-14H,1-3H3. The van der Waals surface area contributed by atoms with Crippen LogP contribution in [0.3, 0.4) is 0 Å². The number of ether oxygens (including phenoxy) is 3. The number of carbonyl (C=O) groups excluding carboxylic acids is 2. The minimum Gasteiger partial charge on any atom is -0.497 e. The molecule has 0 saturated carbocycles. The van der Waals surface area contributed by atoms with Crippen molar-refractivity contribution in [3.05, 3.63) is 89.0 Å². The molecule has 0 saturated heterocycles. The molecule has 142 valence electrons. The fourth-order valence-corrected chi connectivity index (χ4v) is 2.80. The number of rotatable bonds is 7. The van der Waals surface area contributed by atoms with Crippen molar-refractivity contribution in [1.29, 1.82) is 0 Å². The summed E-state index contributed by atoms with van der Waals surface area (Å²) in [4.78, 5) is 25.8. The van der Waals surface area contributed by atoms with Crippen LogP contribution in [0.25, 0.3) is 0 Å². The average Bonchev–Trinajstić information content (AvgIpc) is 2.77. The first kappa shape index (κ1) is 19.2. The van der Waals surface area contributed by atoms with Crippen LogP contribution in [0.4, 0.5) is 0 Å². The Bertz CT molecular complexity index is 911. The van der Waals surface area contributed by atoms with Crippen LogP contribution in [-0.4, -0.2) is 32.9 Å². The molecule has 3 aromatic rings. The highest BCUT2D eigenvalue weighted by molar-refractivity contribution is 6.13. The Balaban J connectivity index is 1.96. The number of hydrogen-bond acceptors (Lipinski definition) is 5. The molecule has 0 spiro atoms. The minimum atomic E-state index is -0.203. The predicted octanol–water partition coefficient (Wildman–Crippen LogP) is 4.17. The largest absolute Gasteiger partial charge is 0.497 e. The lowest BCUT2D eigenvalue weighted by molar-refractivity contribution is 0.103. The molecule has 0 bridgehead atoms. The van der Waals surface area contributed by atoms with Gasteiger partial charge in [0.05, 0.1) is 21.3 Å². The first-order chi connectivity index (χ1) is 13.5. The quantitative estimate of drug-likeness (QED) is 0.579. The zero-order valence-corrected chi connectivity index (χ0v) is 15.9. The normalized spacial score (nSPS) is 10.2. The lowest BCUT2D eigenvalue weighted by Crippen LogP contribution is -2.07. The molecule has 0 aliphatic heterocycles. The van der Waals surface area contributed by atoms with E-state index in [9.17, 15) is 9.59 Å². The van der Waals surface area contributed by atoms with Crippen LogP contribution in [0.2, 0.25) is 0 Å². The van der Waals surface area contributed by atoms with Crippen LogP contribution in [0.5, 0.6) is 17.2 Å². The molecule has 0 heterocycles. The highest BCUT2D eigenvalue weighted by atomic mass is 16.5. The van der Waals surface area contributed by atoms with Crippen LogP contribution < -0.4 is 14.2 Å². The highest BCUT2D eigenvalue weighted by Gasteiger charge is 2.16. The van der Waals surface area contributed by atoms with Gasteiger partial charge in [0.25, 0.3) is 0 Å². The second kappa shape index (κ2) is 8.39. The third-order valence-corrected chi connectivity index (χ3v) is 4.37. The average molecular weight is 376 g/mol. The van der Waals surface area contributed by atoms with E-state index < -0.39 is 0 Å². The van der Waals surface area contributed by atoms with Crippen LogP contribution in [0.15, 0.2) is 66.7 Å². The van der Waals surface area contributed by atoms with Crippen molar-refractivity contribution in [3.63, 3.8) is 0 Å². The summed E-state index contributed by atoms with van der Waals surface area (Å²) in [5, 5.41) is 0. The zero-order valence-electron chi connectivity index (χ0n) is 15.9. The molecule has 5 nitrogen and oxygen atoms in total. The van der Waals surface area contributed by atoms with E-state index in [1.807, 2.05) is 0 Å². The summed E-state index contributed by atoms with van der Waals surface area (Å²) in [7, 11) is 4.63. The van der Waals surface area contributed by atoms with E-state index in [0.717, 1.165) is 0 Å². The maximum Gasteiger partial charge on any atom is 0.193 e. The van der Waals surface area contributed by atoms with Crippen molar-refractivity contribution in [3.8, 4) is 17.2 Å². The van der Waals surface area contributed by atoms with Gasteiger partial charge in [-0.2, -0.15) is 0 Å². The van der Waals surface area contributed by atoms with E-state index >= 15 is 0 Å². The van der Waals surface area contributed by atoms with Crippen molar-refractivity contribution in [2.24, 2.45) is 0 Å². The molecule has 0 N–H and O–H groups in total. The van der Waals surface area contributed by atoms with Crippen LogP contribution >= 0.6 is 0 Å². The first-order valence-corrected chi connectivity index (χ1v) is 8.62. The third kappa shape index (κ3) is 4.04. The molecule has 28 heavy (non-hydrogen) atoms. The van der Waals surface area contributed by atoms with Gasteiger partial charge in [-0.1, -0.05) is 0 Å². The summed E-state index contributed by atoms with van der Waals surface area (Å²) in [5.41, 5.74) is 1.75. The molecule has 0 aliphatic carbocycles. The van der Waals surface area contributed by atoms with Crippen molar-refractivity contribution in [2.45, 2.75) is 0 Å². The summed E-state index contributed by atoms with van der Waals surface area (Å²) in [6.45, 7) is 0. The van der Waals surface area contributed by atoms with Gasteiger partial charge < -0.3 is 14.2 Å². The fraction of sp³-hybridized carbons (Fsp3) is 0.130. The second-order valence-electron chi connectivity index (χ2n) is 6.07. The molecule has 0 atom stereocenters. The number of carbonyl (C=O) groups is 2. The van der Waals surface area contributed by atoms with Crippen molar-refractivity contribution in [1.82, 2.24) is 0 Å². The van der Waals surface area contributed by atoms with Crippen molar-refractivity contribution in [2.75, 3.05) is 21.3 Å².